The molecule has 0 saturated carbocycles. The number of carbonyl (C=O) groups excluding carboxylic acids is 1. The van der Waals surface area contributed by atoms with Crippen LogP contribution in [0.2, 0.25) is 5.02 Å². The first-order valence-corrected chi connectivity index (χ1v) is 8.44. The number of carbonyl (C=O) groups is 1. The average molecular weight is 443 g/mol. The summed E-state index contributed by atoms with van der Waals surface area (Å²) in [4.78, 5) is 14.5. The number of likely N-dealkylation sites (tertiary alicyclic amines) is 1. The van der Waals surface area contributed by atoms with Crippen LogP contribution in [0, 0.1) is 9.49 Å². The highest BCUT2D eigenvalue weighted by Crippen LogP contribution is 2.28. The lowest BCUT2D eigenvalue weighted by Gasteiger charge is -2.25. The van der Waals surface area contributed by atoms with Crippen LogP contribution in [0.15, 0.2) is 18.2 Å². The lowest BCUT2D eigenvalue weighted by molar-refractivity contribution is 0.0737. The average Bonchev–Trinajstić information content (AvgIpc) is 2.72. The van der Waals surface area contributed by atoms with Crippen LogP contribution in [0.4, 0.5) is 0 Å². The van der Waals surface area contributed by atoms with E-state index in [1.54, 1.807) is 6.07 Å². The van der Waals surface area contributed by atoms with Gasteiger partial charge in [0, 0.05) is 26.5 Å². The van der Waals surface area contributed by atoms with Gasteiger partial charge in [0.2, 0.25) is 0 Å². The van der Waals surface area contributed by atoms with Crippen LogP contribution < -0.4 is 0 Å². The van der Waals surface area contributed by atoms with Gasteiger partial charge in [0.1, 0.15) is 0 Å². The molecule has 0 bridgehead atoms. The monoisotopic (exact) mass is 441 g/mol. The summed E-state index contributed by atoms with van der Waals surface area (Å²) in [6, 6.07) is 5.75. The molecule has 1 fully saturated rings. The van der Waals surface area contributed by atoms with Crippen LogP contribution in [0.5, 0.6) is 0 Å². The number of amides is 1. The van der Waals surface area contributed by atoms with Gasteiger partial charge in [-0.1, -0.05) is 34.5 Å². The molecule has 1 saturated heterocycles. The smallest absolute Gasteiger partial charge is 0.255 e. The normalized spacial score (nSPS) is 23.4. The first-order chi connectivity index (χ1) is 8.54. The highest BCUT2D eigenvalue weighted by atomic mass is 127. The zero-order chi connectivity index (χ0) is 13.3. The molecule has 5 heteroatoms. The summed E-state index contributed by atoms with van der Waals surface area (Å²) >= 11 is 11.7. The fraction of sp³-hybridized carbons (Fsp3) is 0.462. The lowest BCUT2D eigenvalue weighted by atomic mass is 10.0. The molecule has 0 N–H and O–H groups in total. The molecule has 1 aromatic rings. The zero-order valence-corrected chi connectivity index (χ0v) is 14.5. The van der Waals surface area contributed by atoms with E-state index in [-0.39, 0.29) is 11.9 Å². The van der Waals surface area contributed by atoms with E-state index in [1.807, 2.05) is 17.0 Å². The van der Waals surface area contributed by atoms with Crippen molar-refractivity contribution < 1.29 is 4.79 Å². The number of benzene rings is 1. The first-order valence-electron chi connectivity index (χ1n) is 5.86. The van der Waals surface area contributed by atoms with E-state index in [9.17, 15) is 4.79 Å². The Labute approximate surface area is 134 Å². The Bertz CT molecular complexity index is 468. The second-order valence-electron chi connectivity index (χ2n) is 4.61. The predicted octanol–water partition coefficient (Wildman–Crippen LogP) is 4.19. The second kappa shape index (κ2) is 6.09. The first kappa shape index (κ1) is 14.6. The molecule has 0 spiro atoms. The Hall–Kier alpha value is 0.190. The SMILES string of the molecule is CC1CCN(C(=O)c2cc(Cl)ccc2I)C1CBr. The number of hydrogen-bond acceptors (Lipinski definition) is 1. The molecule has 1 aliphatic heterocycles. The molecule has 98 valence electrons. The summed E-state index contributed by atoms with van der Waals surface area (Å²) in [7, 11) is 0. The van der Waals surface area contributed by atoms with Gasteiger partial charge in [0.15, 0.2) is 0 Å². The van der Waals surface area contributed by atoms with Crippen LogP contribution in [0.1, 0.15) is 23.7 Å². The van der Waals surface area contributed by atoms with Crippen molar-refractivity contribution in [1.82, 2.24) is 4.90 Å². The molecule has 0 aromatic heterocycles. The molecule has 0 radical (unpaired) electrons. The van der Waals surface area contributed by atoms with E-state index in [0.717, 1.165) is 21.9 Å². The van der Waals surface area contributed by atoms with E-state index >= 15 is 0 Å². The third-order valence-corrected chi connectivity index (χ3v) is 5.30. The molecule has 0 aliphatic carbocycles. The number of halogens is 3. The van der Waals surface area contributed by atoms with Gasteiger partial charge in [0.25, 0.3) is 5.91 Å². The highest BCUT2D eigenvalue weighted by Gasteiger charge is 2.34. The minimum Gasteiger partial charge on any atom is -0.335 e. The second-order valence-corrected chi connectivity index (χ2v) is 6.86. The van der Waals surface area contributed by atoms with Crippen LogP contribution in [-0.4, -0.2) is 28.7 Å². The summed E-state index contributed by atoms with van der Waals surface area (Å²) in [5.74, 6) is 0.640. The van der Waals surface area contributed by atoms with E-state index in [4.69, 9.17) is 11.6 Å². The molecular weight excluding hydrogens is 428 g/mol. The molecule has 1 heterocycles. The number of alkyl halides is 1. The minimum absolute atomic E-state index is 0.0932. The molecule has 18 heavy (non-hydrogen) atoms. The van der Waals surface area contributed by atoms with Gasteiger partial charge < -0.3 is 4.90 Å². The summed E-state index contributed by atoms with van der Waals surface area (Å²) in [5, 5.41) is 1.44. The Morgan fingerprint density at radius 3 is 3.00 bits per heavy atom. The van der Waals surface area contributed by atoms with E-state index in [0.29, 0.717) is 16.5 Å². The molecule has 2 unspecified atom stereocenters. The molecular formula is C13H14BrClINO. The van der Waals surface area contributed by atoms with Gasteiger partial charge in [-0.2, -0.15) is 0 Å². The van der Waals surface area contributed by atoms with Gasteiger partial charge in [-0.05, 0) is 53.1 Å². The van der Waals surface area contributed by atoms with E-state index in [2.05, 4.69) is 45.4 Å². The van der Waals surface area contributed by atoms with Gasteiger partial charge in [0.05, 0.1) is 5.56 Å². The Balaban J connectivity index is 2.28. The maximum Gasteiger partial charge on any atom is 0.255 e. The zero-order valence-electron chi connectivity index (χ0n) is 10.00. The molecule has 1 amide bonds. The van der Waals surface area contributed by atoms with Gasteiger partial charge in [-0.3, -0.25) is 4.79 Å². The van der Waals surface area contributed by atoms with Crippen molar-refractivity contribution in [2.24, 2.45) is 5.92 Å². The number of hydrogen-bond donors (Lipinski definition) is 0. The van der Waals surface area contributed by atoms with Crippen molar-refractivity contribution in [2.45, 2.75) is 19.4 Å². The molecule has 2 rings (SSSR count). The van der Waals surface area contributed by atoms with Crippen molar-refractivity contribution >= 4 is 56.0 Å². The largest absolute Gasteiger partial charge is 0.335 e. The standard InChI is InChI=1S/C13H14BrClINO/c1-8-4-5-17(12(8)7-14)13(18)10-6-9(15)2-3-11(10)16/h2-3,6,8,12H,4-5,7H2,1H3. The third kappa shape index (κ3) is 2.85. The summed E-state index contributed by atoms with van der Waals surface area (Å²) in [5.41, 5.74) is 0.711. The Morgan fingerprint density at radius 1 is 1.61 bits per heavy atom. The Kier molecular flexibility index (Phi) is 4.94. The van der Waals surface area contributed by atoms with Crippen molar-refractivity contribution in [2.75, 3.05) is 11.9 Å². The van der Waals surface area contributed by atoms with Gasteiger partial charge in [-0.15, -0.1) is 0 Å². The number of nitrogens with zero attached hydrogens (tertiary/aromatic N) is 1. The maximum atomic E-state index is 12.6. The minimum atomic E-state index is 0.0932. The fourth-order valence-electron chi connectivity index (χ4n) is 2.31. The van der Waals surface area contributed by atoms with E-state index < -0.39 is 0 Å². The van der Waals surface area contributed by atoms with Crippen molar-refractivity contribution in [3.05, 3.63) is 32.4 Å². The maximum absolute atomic E-state index is 12.6. The molecule has 2 nitrogen and oxygen atoms in total. The summed E-state index contributed by atoms with van der Waals surface area (Å²) < 4.78 is 0.954. The lowest BCUT2D eigenvalue weighted by Crippen LogP contribution is -2.38. The van der Waals surface area contributed by atoms with Crippen LogP contribution in [0.25, 0.3) is 0 Å². The van der Waals surface area contributed by atoms with Gasteiger partial charge in [-0.25, -0.2) is 0 Å². The number of rotatable bonds is 2. The summed E-state index contributed by atoms with van der Waals surface area (Å²) in [6.07, 6.45) is 1.07. The third-order valence-electron chi connectivity index (χ3n) is 3.46. The molecule has 1 aliphatic rings. The quantitative estimate of drug-likeness (QED) is 0.497. The molecule has 2 atom stereocenters. The van der Waals surface area contributed by atoms with Crippen molar-refractivity contribution in [3.63, 3.8) is 0 Å². The summed E-state index contributed by atoms with van der Waals surface area (Å²) in [6.45, 7) is 3.03. The topological polar surface area (TPSA) is 20.3 Å². The van der Waals surface area contributed by atoms with Crippen molar-refractivity contribution in [3.8, 4) is 0 Å². The predicted molar refractivity (Wildman–Crippen MR) is 86.6 cm³/mol. The van der Waals surface area contributed by atoms with Crippen LogP contribution in [0.3, 0.4) is 0 Å². The van der Waals surface area contributed by atoms with E-state index in [1.165, 1.54) is 0 Å². The van der Waals surface area contributed by atoms with Gasteiger partial charge >= 0.3 is 0 Å². The van der Waals surface area contributed by atoms with Crippen LogP contribution >= 0.6 is 50.1 Å². The molecule has 1 aromatic carbocycles. The highest BCUT2D eigenvalue weighted by molar-refractivity contribution is 14.1. The van der Waals surface area contributed by atoms with Crippen LogP contribution in [-0.2, 0) is 0 Å². The fourth-order valence-corrected chi connectivity index (χ4v) is 4.04. The van der Waals surface area contributed by atoms with Crippen molar-refractivity contribution in [1.29, 1.82) is 0 Å². The Morgan fingerprint density at radius 2 is 2.33 bits per heavy atom.